The van der Waals surface area contributed by atoms with Crippen molar-refractivity contribution in [1.29, 1.82) is 0 Å². The third kappa shape index (κ3) is 5.67. The molecule has 0 spiro atoms. The molecule has 1 aliphatic carbocycles. The maximum Gasteiger partial charge on any atom is 0.252 e. The standard InChI is InChI=1S/C60H54BN3/c1-58(2,3)44-32-34-51(47(38-44)42-23-11-7-12-24-42)63-54-30-18-16-28-50(54)61-49-27-15-17-29-53(49)62(45-25-13-8-14-26-45)55-39-46(40-56(63)57(55)61)64-52-33-31-43(41-21-9-6-10-22-41)37-48(52)59(4)35-19-20-36-60(59,64)5/h6-18,21-34,37-40H,19-20,35-36H2,1-5H3. The summed E-state index contributed by atoms with van der Waals surface area (Å²) in [4.78, 5) is 7.96. The van der Waals surface area contributed by atoms with Crippen molar-refractivity contribution in [3.8, 4) is 22.3 Å². The molecule has 8 aromatic rings. The van der Waals surface area contributed by atoms with Gasteiger partial charge in [-0.1, -0.05) is 168 Å². The van der Waals surface area contributed by atoms with Gasteiger partial charge in [0.1, 0.15) is 0 Å². The molecule has 12 rings (SSSR count). The Balaban J connectivity index is 1.18. The van der Waals surface area contributed by atoms with Gasteiger partial charge in [0.05, 0.1) is 11.2 Å². The maximum absolute atomic E-state index is 2.78. The number of benzene rings is 8. The van der Waals surface area contributed by atoms with E-state index in [1.807, 2.05) is 0 Å². The van der Waals surface area contributed by atoms with Crippen molar-refractivity contribution in [2.24, 2.45) is 0 Å². The van der Waals surface area contributed by atoms with Crippen LogP contribution in [0.5, 0.6) is 0 Å². The number of para-hydroxylation sites is 3. The summed E-state index contributed by atoms with van der Waals surface area (Å²) in [6.07, 6.45) is 4.74. The first-order chi connectivity index (χ1) is 31.1. The van der Waals surface area contributed by atoms with E-state index in [2.05, 4.69) is 237 Å². The van der Waals surface area contributed by atoms with E-state index >= 15 is 0 Å². The van der Waals surface area contributed by atoms with E-state index in [0.29, 0.717) is 0 Å². The average Bonchev–Trinajstić information content (AvgIpc) is 3.54. The first-order valence-electron chi connectivity index (χ1n) is 23.4. The van der Waals surface area contributed by atoms with Gasteiger partial charge in [0.25, 0.3) is 6.71 Å². The minimum absolute atomic E-state index is 0.0163. The lowest BCUT2D eigenvalue weighted by Gasteiger charge is -2.51. The van der Waals surface area contributed by atoms with Crippen molar-refractivity contribution in [3.05, 3.63) is 199 Å². The molecule has 0 bridgehead atoms. The topological polar surface area (TPSA) is 9.72 Å². The number of anilines is 8. The van der Waals surface area contributed by atoms with E-state index in [9.17, 15) is 0 Å². The van der Waals surface area contributed by atoms with Crippen LogP contribution in [0.2, 0.25) is 0 Å². The fourth-order valence-corrected chi connectivity index (χ4v) is 12.1. The zero-order valence-corrected chi connectivity index (χ0v) is 37.6. The molecule has 3 heterocycles. The summed E-state index contributed by atoms with van der Waals surface area (Å²) in [6.45, 7) is 12.1. The second-order valence-electron chi connectivity index (χ2n) is 20.0. The van der Waals surface area contributed by atoms with E-state index in [4.69, 9.17) is 0 Å². The lowest BCUT2D eigenvalue weighted by Crippen LogP contribution is -2.61. The van der Waals surface area contributed by atoms with E-state index < -0.39 is 0 Å². The van der Waals surface area contributed by atoms with Crippen LogP contribution in [0, 0.1) is 0 Å². The van der Waals surface area contributed by atoms with E-state index in [-0.39, 0.29) is 23.1 Å². The van der Waals surface area contributed by atoms with Gasteiger partial charge in [-0.15, -0.1) is 0 Å². The van der Waals surface area contributed by atoms with Crippen LogP contribution in [-0.2, 0) is 10.8 Å². The number of hydrogen-bond acceptors (Lipinski definition) is 3. The zero-order chi connectivity index (χ0) is 43.4. The van der Waals surface area contributed by atoms with Gasteiger partial charge in [0.15, 0.2) is 0 Å². The van der Waals surface area contributed by atoms with Crippen LogP contribution in [0.4, 0.5) is 45.5 Å². The summed E-state index contributed by atoms with van der Waals surface area (Å²) in [5.74, 6) is 0. The van der Waals surface area contributed by atoms with Crippen LogP contribution in [0.1, 0.15) is 71.4 Å². The first-order valence-corrected chi connectivity index (χ1v) is 23.4. The van der Waals surface area contributed by atoms with Crippen LogP contribution in [-0.4, -0.2) is 12.3 Å². The van der Waals surface area contributed by atoms with Gasteiger partial charge in [0, 0.05) is 50.8 Å². The van der Waals surface area contributed by atoms with Crippen molar-refractivity contribution in [3.63, 3.8) is 0 Å². The minimum Gasteiger partial charge on any atom is -0.334 e. The highest BCUT2D eigenvalue weighted by Crippen LogP contribution is 2.62. The van der Waals surface area contributed by atoms with Gasteiger partial charge >= 0.3 is 0 Å². The summed E-state index contributed by atoms with van der Waals surface area (Å²) in [6, 6.07) is 71.1. The number of hydrogen-bond donors (Lipinski definition) is 0. The maximum atomic E-state index is 2.78. The Morgan fingerprint density at radius 1 is 0.453 bits per heavy atom. The molecular formula is C60H54BN3. The molecule has 0 N–H and O–H groups in total. The SMILES string of the molecule is CC(C)(C)c1ccc(N2c3ccccc3B3c4ccccc4N(c4ccccc4)c4cc(N5c6ccc(-c7ccccc7)cc6C6(C)CCCCC56C)cc2c43)c(-c2ccccc2)c1. The van der Waals surface area contributed by atoms with Gasteiger partial charge in [-0.25, -0.2) is 0 Å². The Labute approximate surface area is 379 Å². The van der Waals surface area contributed by atoms with Crippen LogP contribution < -0.4 is 31.1 Å². The van der Waals surface area contributed by atoms with Crippen molar-refractivity contribution in [2.45, 2.75) is 76.7 Å². The van der Waals surface area contributed by atoms with Crippen molar-refractivity contribution in [1.82, 2.24) is 0 Å². The molecular weight excluding hydrogens is 773 g/mol. The second kappa shape index (κ2) is 14.4. The van der Waals surface area contributed by atoms with Gasteiger partial charge in [-0.05, 0) is 130 Å². The highest BCUT2D eigenvalue weighted by molar-refractivity contribution is 7.00. The van der Waals surface area contributed by atoms with Gasteiger partial charge in [0.2, 0.25) is 0 Å². The molecule has 2 atom stereocenters. The molecule has 8 aromatic carbocycles. The molecule has 4 heteroatoms. The predicted molar refractivity (Wildman–Crippen MR) is 273 cm³/mol. The molecule has 0 saturated heterocycles. The predicted octanol–water partition coefficient (Wildman–Crippen LogP) is 14.1. The van der Waals surface area contributed by atoms with Crippen molar-refractivity contribution < 1.29 is 0 Å². The Morgan fingerprint density at radius 3 is 1.69 bits per heavy atom. The third-order valence-electron chi connectivity index (χ3n) is 15.5. The van der Waals surface area contributed by atoms with Gasteiger partial charge in [-0.3, -0.25) is 0 Å². The molecule has 312 valence electrons. The lowest BCUT2D eigenvalue weighted by atomic mass is 9.33. The number of rotatable bonds is 5. The molecule has 1 fully saturated rings. The Morgan fingerprint density at radius 2 is 1.02 bits per heavy atom. The highest BCUT2D eigenvalue weighted by atomic mass is 15.3. The Bertz CT molecular complexity index is 3100. The highest BCUT2D eigenvalue weighted by Gasteiger charge is 2.58. The number of fused-ring (bicyclic) bond motifs is 7. The fraction of sp³-hybridized carbons (Fsp3) is 0.200. The van der Waals surface area contributed by atoms with Crippen LogP contribution >= 0.6 is 0 Å². The summed E-state index contributed by atoms with van der Waals surface area (Å²) >= 11 is 0. The first kappa shape index (κ1) is 38.9. The molecule has 0 amide bonds. The number of nitrogens with zero attached hydrogens (tertiary/aromatic N) is 3. The zero-order valence-electron chi connectivity index (χ0n) is 37.6. The smallest absolute Gasteiger partial charge is 0.252 e. The van der Waals surface area contributed by atoms with Crippen LogP contribution in [0.25, 0.3) is 22.3 Å². The van der Waals surface area contributed by atoms with Crippen LogP contribution in [0.15, 0.2) is 188 Å². The molecule has 3 aliphatic heterocycles. The quantitative estimate of drug-likeness (QED) is 0.160. The molecule has 0 radical (unpaired) electrons. The Kier molecular flexibility index (Phi) is 8.73. The Hall–Kier alpha value is -6.78. The molecule has 2 unspecified atom stereocenters. The lowest BCUT2D eigenvalue weighted by molar-refractivity contribution is 0.195. The van der Waals surface area contributed by atoms with Gasteiger partial charge in [-0.2, -0.15) is 0 Å². The average molecular weight is 828 g/mol. The molecule has 4 aliphatic rings. The second-order valence-corrected chi connectivity index (χ2v) is 20.0. The third-order valence-corrected chi connectivity index (χ3v) is 15.5. The van der Waals surface area contributed by atoms with E-state index in [0.717, 1.165) is 12.8 Å². The van der Waals surface area contributed by atoms with E-state index in [1.165, 1.54) is 108 Å². The largest absolute Gasteiger partial charge is 0.334 e. The molecule has 0 aromatic heterocycles. The minimum atomic E-state index is -0.144. The van der Waals surface area contributed by atoms with Crippen molar-refractivity contribution >= 4 is 68.6 Å². The van der Waals surface area contributed by atoms with Crippen LogP contribution in [0.3, 0.4) is 0 Å². The van der Waals surface area contributed by atoms with Gasteiger partial charge < -0.3 is 14.7 Å². The van der Waals surface area contributed by atoms with Crippen molar-refractivity contribution in [2.75, 3.05) is 14.7 Å². The summed E-state index contributed by atoms with van der Waals surface area (Å²) < 4.78 is 0. The summed E-state index contributed by atoms with van der Waals surface area (Å²) in [7, 11) is 0. The summed E-state index contributed by atoms with van der Waals surface area (Å²) in [5.41, 5.74) is 21.5. The summed E-state index contributed by atoms with van der Waals surface area (Å²) in [5, 5.41) is 0. The molecule has 64 heavy (non-hydrogen) atoms. The van der Waals surface area contributed by atoms with E-state index in [1.54, 1.807) is 0 Å². The normalized spacial score (nSPS) is 19.4. The monoisotopic (exact) mass is 827 g/mol. The molecule has 1 saturated carbocycles. The molecule has 3 nitrogen and oxygen atoms in total. The fourth-order valence-electron chi connectivity index (χ4n) is 12.1.